The Hall–Kier alpha value is -3.21. The zero-order valence-corrected chi connectivity index (χ0v) is 17.5. The standard InChI is InChI=1S/C22H20F5N3O3/c1-13-17(11-18(32-13)14-3-2-4-15(9-14)22(25,26)27)20(31)28-19-10-16(29-33-19)12-30-7-5-21(23,24)6-8-30/h2-4,9-11H,5-8,12H2,1H3,(H,28,31). The summed E-state index contributed by atoms with van der Waals surface area (Å²) >= 11 is 0. The molecule has 0 atom stereocenters. The van der Waals surface area contributed by atoms with Gasteiger partial charge >= 0.3 is 6.18 Å². The number of carbonyl (C=O) groups is 1. The van der Waals surface area contributed by atoms with Gasteiger partial charge in [-0.2, -0.15) is 13.2 Å². The van der Waals surface area contributed by atoms with Crippen LogP contribution in [0.1, 0.15) is 40.2 Å². The van der Waals surface area contributed by atoms with Crippen molar-refractivity contribution in [2.45, 2.75) is 38.4 Å². The van der Waals surface area contributed by atoms with Crippen molar-refractivity contribution in [3.63, 3.8) is 0 Å². The van der Waals surface area contributed by atoms with Crippen LogP contribution in [0.25, 0.3) is 11.3 Å². The highest BCUT2D eigenvalue weighted by Gasteiger charge is 2.34. The number of aromatic nitrogens is 1. The summed E-state index contributed by atoms with van der Waals surface area (Å²) in [6.07, 6.45) is -4.94. The predicted octanol–water partition coefficient (Wildman–Crippen LogP) is 5.75. The van der Waals surface area contributed by atoms with E-state index in [1.807, 2.05) is 4.90 Å². The number of likely N-dealkylation sites (tertiary alicyclic amines) is 1. The summed E-state index contributed by atoms with van der Waals surface area (Å²) in [4.78, 5) is 14.5. The van der Waals surface area contributed by atoms with E-state index in [9.17, 15) is 26.7 Å². The molecule has 4 rings (SSSR count). The van der Waals surface area contributed by atoms with Crippen LogP contribution in [0.5, 0.6) is 0 Å². The first kappa shape index (κ1) is 23.0. The third-order valence-electron chi connectivity index (χ3n) is 5.41. The Morgan fingerprint density at radius 2 is 1.91 bits per heavy atom. The number of carbonyl (C=O) groups excluding carboxylic acids is 1. The maximum atomic E-state index is 13.3. The summed E-state index contributed by atoms with van der Waals surface area (Å²) in [5.41, 5.74) is -0.0459. The molecule has 1 aliphatic rings. The monoisotopic (exact) mass is 469 g/mol. The second kappa shape index (κ2) is 8.62. The Balaban J connectivity index is 1.42. The molecule has 6 nitrogen and oxygen atoms in total. The molecule has 1 aromatic carbocycles. The molecule has 33 heavy (non-hydrogen) atoms. The van der Waals surface area contributed by atoms with Crippen LogP contribution in [-0.2, 0) is 12.7 Å². The van der Waals surface area contributed by atoms with E-state index in [0.717, 1.165) is 12.1 Å². The van der Waals surface area contributed by atoms with Gasteiger partial charge in [0.05, 0.1) is 16.8 Å². The van der Waals surface area contributed by atoms with Crippen LogP contribution < -0.4 is 5.32 Å². The molecule has 1 saturated heterocycles. The zero-order chi connectivity index (χ0) is 23.8. The predicted molar refractivity (Wildman–Crippen MR) is 108 cm³/mol. The average molecular weight is 469 g/mol. The largest absolute Gasteiger partial charge is 0.461 e. The fourth-order valence-corrected chi connectivity index (χ4v) is 3.59. The molecule has 0 spiro atoms. The minimum atomic E-state index is -4.50. The normalized spacial score (nSPS) is 16.7. The van der Waals surface area contributed by atoms with Crippen LogP contribution in [0.4, 0.5) is 27.8 Å². The molecule has 0 bridgehead atoms. The Morgan fingerprint density at radius 3 is 2.61 bits per heavy atom. The first-order valence-corrected chi connectivity index (χ1v) is 10.2. The number of hydrogen-bond donors (Lipinski definition) is 1. The quantitative estimate of drug-likeness (QED) is 0.482. The van der Waals surface area contributed by atoms with Crippen molar-refractivity contribution in [2.24, 2.45) is 0 Å². The molecule has 0 radical (unpaired) electrons. The number of nitrogens with zero attached hydrogens (tertiary/aromatic N) is 2. The van der Waals surface area contributed by atoms with E-state index in [1.165, 1.54) is 31.2 Å². The highest BCUT2D eigenvalue weighted by Crippen LogP contribution is 2.33. The van der Waals surface area contributed by atoms with Crippen LogP contribution >= 0.6 is 0 Å². The number of piperidine rings is 1. The summed E-state index contributed by atoms with van der Waals surface area (Å²) in [5.74, 6) is -2.85. The van der Waals surface area contributed by atoms with E-state index in [4.69, 9.17) is 8.94 Å². The van der Waals surface area contributed by atoms with Crippen molar-refractivity contribution in [3.05, 3.63) is 59.0 Å². The molecular weight excluding hydrogens is 449 g/mol. The van der Waals surface area contributed by atoms with Crippen molar-refractivity contribution in [1.82, 2.24) is 10.1 Å². The minimum absolute atomic E-state index is 0.0542. The zero-order valence-electron chi connectivity index (χ0n) is 17.5. The minimum Gasteiger partial charge on any atom is -0.461 e. The summed E-state index contributed by atoms with van der Waals surface area (Å²) in [6, 6.07) is 7.45. The second-order valence-electron chi connectivity index (χ2n) is 7.93. The molecule has 1 N–H and O–H groups in total. The summed E-state index contributed by atoms with van der Waals surface area (Å²) < 4.78 is 76.1. The van der Waals surface area contributed by atoms with Crippen LogP contribution in [0.2, 0.25) is 0 Å². The van der Waals surface area contributed by atoms with Gasteiger partial charge in [0, 0.05) is 44.1 Å². The van der Waals surface area contributed by atoms with Crippen molar-refractivity contribution < 1.29 is 35.7 Å². The lowest BCUT2D eigenvalue weighted by Crippen LogP contribution is -2.38. The van der Waals surface area contributed by atoms with E-state index in [1.54, 1.807) is 0 Å². The van der Waals surface area contributed by atoms with Gasteiger partial charge in [-0.1, -0.05) is 17.3 Å². The molecule has 1 aliphatic heterocycles. The Kier molecular flexibility index (Phi) is 6.00. The maximum absolute atomic E-state index is 13.3. The summed E-state index contributed by atoms with van der Waals surface area (Å²) in [5, 5.41) is 6.38. The number of benzene rings is 1. The lowest BCUT2D eigenvalue weighted by molar-refractivity contribution is -0.137. The van der Waals surface area contributed by atoms with Crippen LogP contribution in [-0.4, -0.2) is 35.0 Å². The molecule has 1 fully saturated rings. The number of anilines is 1. The number of hydrogen-bond acceptors (Lipinski definition) is 5. The van der Waals surface area contributed by atoms with E-state index >= 15 is 0 Å². The molecule has 2 aromatic heterocycles. The van der Waals surface area contributed by atoms with Gasteiger partial charge in [-0.3, -0.25) is 15.0 Å². The van der Waals surface area contributed by atoms with Crippen molar-refractivity contribution >= 4 is 11.8 Å². The molecule has 3 aromatic rings. The number of halogens is 5. The Bertz CT molecular complexity index is 1140. The lowest BCUT2D eigenvalue weighted by atomic mass is 10.1. The topological polar surface area (TPSA) is 71.5 Å². The van der Waals surface area contributed by atoms with Crippen molar-refractivity contribution in [3.8, 4) is 11.3 Å². The van der Waals surface area contributed by atoms with Crippen molar-refractivity contribution in [2.75, 3.05) is 18.4 Å². The fraction of sp³-hybridized carbons (Fsp3) is 0.364. The maximum Gasteiger partial charge on any atom is 0.416 e. The molecule has 176 valence electrons. The molecule has 11 heteroatoms. The van der Waals surface area contributed by atoms with Gasteiger partial charge in [-0.25, -0.2) is 8.78 Å². The van der Waals surface area contributed by atoms with Crippen LogP contribution in [0.15, 0.2) is 45.3 Å². The second-order valence-corrected chi connectivity index (χ2v) is 7.93. The van der Waals surface area contributed by atoms with E-state index < -0.39 is 23.6 Å². The molecule has 0 saturated carbocycles. The van der Waals surface area contributed by atoms with Crippen LogP contribution in [0, 0.1) is 6.92 Å². The number of aryl methyl sites for hydroxylation is 1. The third kappa shape index (κ3) is 5.41. The Labute approximate surface area is 185 Å². The summed E-state index contributed by atoms with van der Waals surface area (Å²) in [6.45, 7) is 2.28. The molecular formula is C22H20F5N3O3. The number of alkyl halides is 5. The Morgan fingerprint density at radius 1 is 1.18 bits per heavy atom. The number of amides is 1. The van der Waals surface area contributed by atoms with E-state index in [-0.39, 0.29) is 54.5 Å². The highest BCUT2D eigenvalue weighted by molar-refractivity contribution is 6.04. The van der Waals surface area contributed by atoms with Gasteiger partial charge in [-0.05, 0) is 25.1 Å². The smallest absolute Gasteiger partial charge is 0.416 e. The van der Waals surface area contributed by atoms with Gasteiger partial charge in [0.2, 0.25) is 5.88 Å². The highest BCUT2D eigenvalue weighted by atomic mass is 19.4. The molecule has 1 amide bonds. The molecule has 0 aliphatic carbocycles. The van der Waals surface area contributed by atoms with Crippen molar-refractivity contribution in [1.29, 1.82) is 0 Å². The van der Waals surface area contributed by atoms with Gasteiger partial charge < -0.3 is 8.94 Å². The van der Waals surface area contributed by atoms with E-state index in [0.29, 0.717) is 12.2 Å². The average Bonchev–Trinajstić information content (AvgIpc) is 3.35. The molecule has 0 unspecified atom stereocenters. The number of rotatable bonds is 5. The molecule has 3 heterocycles. The first-order valence-electron chi connectivity index (χ1n) is 10.2. The SMILES string of the molecule is Cc1oc(-c2cccc(C(F)(F)F)c2)cc1C(=O)Nc1cc(CN2CCC(F)(F)CC2)no1. The van der Waals surface area contributed by atoms with Gasteiger partial charge in [0.15, 0.2) is 0 Å². The fourth-order valence-electron chi connectivity index (χ4n) is 3.59. The third-order valence-corrected chi connectivity index (χ3v) is 5.41. The van der Waals surface area contributed by atoms with Crippen LogP contribution in [0.3, 0.4) is 0 Å². The van der Waals surface area contributed by atoms with Gasteiger partial charge in [-0.15, -0.1) is 0 Å². The lowest BCUT2D eigenvalue weighted by Gasteiger charge is -2.30. The summed E-state index contributed by atoms with van der Waals surface area (Å²) in [7, 11) is 0. The van der Waals surface area contributed by atoms with Gasteiger partial charge in [0.25, 0.3) is 11.8 Å². The number of furan rings is 1. The van der Waals surface area contributed by atoms with Gasteiger partial charge in [0.1, 0.15) is 11.5 Å². The number of nitrogens with one attached hydrogen (secondary N) is 1. The van der Waals surface area contributed by atoms with E-state index in [2.05, 4.69) is 10.5 Å². The first-order chi connectivity index (χ1) is 15.5.